The molecule has 6 heteroatoms. The van der Waals surface area contributed by atoms with Crippen LogP contribution >= 0.6 is 11.3 Å². The van der Waals surface area contributed by atoms with Gasteiger partial charge in [-0.15, -0.1) is 11.3 Å². The van der Waals surface area contributed by atoms with Crippen molar-refractivity contribution in [1.82, 2.24) is 9.97 Å². The topological polar surface area (TPSA) is 58.1 Å². The summed E-state index contributed by atoms with van der Waals surface area (Å²) >= 11 is 1.55. The van der Waals surface area contributed by atoms with E-state index in [2.05, 4.69) is 15.3 Å². The van der Waals surface area contributed by atoms with Gasteiger partial charge in [-0.2, -0.15) is 0 Å². The van der Waals surface area contributed by atoms with Crippen LogP contribution in [0.15, 0.2) is 84.6 Å². The van der Waals surface area contributed by atoms with Crippen LogP contribution in [0.25, 0.3) is 0 Å². The van der Waals surface area contributed by atoms with Crippen LogP contribution in [0.2, 0.25) is 0 Å². The van der Waals surface area contributed by atoms with Crippen molar-refractivity contribution in [3.8, 4) is 0 Å². The lowest BCUT2D eigenvalue weighted by Gasteiger charge is -2.24. The van der Waals surface area contributed by atoms with Crippen molar-refractivity contribution < 1.29 is 4.79 Å². The van der Waals surface area contributed by atoms with Gasteiger partial charge in [0.2, 0.25) is 0 Å². The number of pyridine rings is 1. The van der Waals surface area contributed by atoms with Crippen molar-refractivity contribution in [2.45, 2.75) is 6.92 Å². The molecule has 0 aliphatic heterocycles. The normalized spacial score (nSPS) is 10.5. The van der Waals surface area contributed by atoms with E-state index in [1.165, 1.54) is 0 Å². The second-order valence-electron chi connectivity index (χ2n) is 6.18. The first-order valence-corrected chi connectivity index (χ1v) is 9.67. The molecule has 2 aromatic heterocycles. The van der Waals surface area contributed by atoms with Crippen molar-refractivity contribution in [3.05, 3.63) is 95.8 Å². The van der Waals surface area contributed by atoms with E-state index < -0.39 is 0 Å². The van der Waals surface area contributed by atoms with Crippen molar-refractivity contribution in [2.75, 3.05) is 10.2 Å². The number of carbonyl (C=O) groups is 1. The van der Waals surface area contributed by atoms with Crippen molar-refractivity contribution in [2.24, 2.45) is 0 Å². The number of carbonyl (C=O) groups excluding carboxylic acids is 1. The third kappa shape index (κ3) is 3.77. The van der Waals surface area contributed by atoms with Gasteiger partial charge in [-0.3, -0.25) is 14.7 Å². The summed E-state index contributed by atoms with van der Waals surface area (Å²) in [6, 6.07) is 18.9. The third-order valence-corrected chi connectivity index (χ3v) is 5.02. The fraction of sp³-hybridized carbons (Fsp3) is 0.0455. The number of hydrogen-bond acceptors (Lipinski definition) is 5. The highest BCUT2D eigenvalue weighted by Gasteiger charge is 2.18. The Morgan fingerprint density at radius 2 is 1.89 bits per heavy atom. The molecule has 4 aromatic rings. The Labute approximate surface area is 167 Å². The number of aryl methyl sites for hydroxylation is 1. The van der Waals surface area contributed by atoms with Gasteiger partial charge in [-0.05, 0) is 48.9 Å². The van der Waals surface area contributed by atoms with Gasteiger partial charge in [0, 0.05) is 29.0 Å². The molecule has 4 rings (SSSR count). The standard InChI is InChI=1S/C22H18N4OS/c1-16-9-10-18(25-21(27)17-6-3-2-4-7-17)14-20(16)26(22-24-12-13-28-22)19-8-5-11-23-15-19/h2-15H,1H3,(H,25,27). The highest BCUT2D eigenvalue weighted by Crippen LogP contribution is 2.38. The minimum Gasteiger partial charge on any atom is -0.322 e. The summed E-state index contributed by atoms with van der Waals surface area (Å²) < 4.78 is 0. The first-order chi connectivity index (χ1) is 13.7. The summed E-state index contributed by atoms with van der Waals surface area (Å²) in [5.74, 6) is -0.141. The number of nitrogens with zero attached hydrogens (tertiary/aromatic N) is 3. The molecule has 0 fully saturated rings. The van der Waals surface area contributed by atoms with Gasteiger partial charge >= 0.3 is 0 Å². The maximum Gasteiger partial charge on any atom is 0.255 e. The molecule has 0 spiro atoms. The van der Waals surface area contributed by atoms with Crippen LogP contribution in [0, 0.1) is 6.92 Å². The maximum atomic E-state index is 12.5. The van der Waals surface area contributed by atoms with Crippen LogP contribution in [0.1, 0.15) is 15.9 Å². The largest absolute Gasteiger partial charge is 0.322 e. The average molecular weight is 386 g/mol. The summed E-state index contributed by atoms with van der Waals surface area (Å²) in [5, 5.41) is 5.75. The minimum absolute atomic E-state index is 0.141. The molecule has 138 valence electrons. The van der Waals surface area contributed by atoms with Gasteiger partial charge in [-0.1, -0.05) is 24.3 Å². The minimum atomic E-state index is -0.141. The van der Waals surface area contributed by atoms with E-state index in [4.69, 9.17) is 0 Å². The number of thiazole rings is 1. The predicted octanol–water partition coefficient (Wildman–Crippen LogP) is 5.57. The van der Waals surface area contributed by atoms with Crippen LogP contribution in [0.3, 0.4) is 0 Å². The number of amides is 1. The Balaban J connectivity index is 1.72. The number of rotatable bonds is 5. The van der Waals surface area contributed by atoms with Gasteiger partial charge in [0.1, 0.15) is 0 Å². The fourth-order valence-electron chi connectivity index (χ4n) is 2.89. The summed E-state index contributed by atoms with van der Waals surface area (Å²) in [6.07, 6.45) is 5.32. The van der Waals surface area contributed by atoms with Crippen molar-refractivity contribution >= 4 is 39.4 Å². The average Bonchev–Trinajstić information content (AvgIpc) is 3.26. The van der Waals surface area contributed by atoms with E-state index in [0.29, 0.717) is 5.56 Å². The van der Waals surface area contributed by atoms with Crippen LogP contribution in [0.4, 0.5) is 22.2 Å². The second-order valence-corrected chi connectivity index (χ2v) is 7.06. The van der Waals surface area contributed by atoms with Gasteiger partial charge < -0.3 is 5.32 Å². The molecule has 2 heterocycles. The van der Waals surface area contributed by atoms with E-state index in [1.54, 1.807) is 42.1 Å². The number of aromatic nitrogens is 2. The zero-order chi connectivity index (χ0) is 19.3. The molecule has 5 nitrogen and oxygen atoms in total. The molecule has 0 radical (unpaired) electrons. The van der Waals surface area contributed by atoms with E-state index in [9.17, 15) is 4.79 Å². The summed E-state index contributed by atoms with van der Waals surface area (Å²) in [6.45, 7) is 2.04. The van der Waals surface area contributed by atoms with Crippen molar-refractivity contribution in [1.29, 1.82) is 0 Å². The molecule has 1 N–H and O–H groups in total. The first-order valence-electron chi connectivity index (χ1n) is 8.79. The van der Waals surface area contributed by atoms with Gasteiger partial charge in [-0.25, -0.2) is 4.98 Å². The molecular formula is C22H18N4OS. The molecule has 0 unspecified atom stereocenters. The van der Waals surface area contributed by atoms with Crippen LogP contribution < -0.4 is 10.2 Å². The van der Waals surface area contributed by atoms with E-state index in [1.807, 2.05) is 65.7 Å². The maximum absolute atomic E-state index is 12.5. The predicted molar refractivity (Wildman–Crippen MR) is 114 cm³/mol. The smallest absolute Gasteiger partial charge is 0.255 e. The summed E-state index contributed by atoms with van der Waals surface area (Å²) in [4.78, 5) is 23.3. The van der Waals surface area contributed by atoms with E-state index in [0.717, 1.165) is 27.8 Å². The molecule has 0 aliphatic carbocycles. The number of anilines is 4. The summed E-state index contributed by atoms with van der Waals surface area (Å²) in [5.41, 5.74) is 4.26. The Hall–Kier alpha value is -3.51. The molecule has 0 saturated heterocycles. The molecule has 0 aliphatic rings. The number of benzene rings is 2. The lowest BCUT2D eigenvalue weighted by atomic mass is 10.1. The fourth-order valence-corrected chi connectivity index (χ4v) is 3.56. The van der Waals surface area contributed by atoms with Crippen LogP contribution in [-0.4, -0.2) is 15.9 Å². The quantitative estimate of drug-likeness (QED) is 0.487. The molecule has 0 bridgehead atoms. The zero-order valence-corrected chi connectivity index (χ0v) is 16.1. The van der Waals surface area contributed by atoms with Gasteiger partial charge in [0.15, 0.2) is 5.13 Å². The van der Waals surface area contributed by atoms with Gasteiger partial charge in [0.05, 0.1) is 17.6 Å². The monoisotopic (exact) mass is 386 g/mol. The SMILES string of the molecule is Cc1ccc(NC(=O)c2ccccc2)cc1N(c1cccnc1)c1nccs1. The molecule has 0 atom stereocenters. The molecule has 0 saturated carbocycles. The molecule has 28 heavy (non-hydrogen) atoms. The zero-order valence-electron chi connectivity index (χ0n) is 15.2. The lowest BCUT2D eigenvalue weighted by Crippen LogP contribution is -2.14. The summed E-state index contributed by atoms with van der Waals surface area (Å²) in [7, 11) is 0. The highest BCUT2D eigenvalue weighted by molar-refractivity contribution is 7.13. The number of hydrogen-bond donors (Lipinski definition) is 1. The molecule has 2 aromatic carbocycles. The van der Waals surface area contributed by atoms with Crippen LogP contribution in [0.5, 0.6) is 0 Å². The Bertz CT molecular complexity index is 1070. The van der Waals surface area contributed by atoms with E-state index in [-0.39, 0.29) is 5.91 Å². The Kier molecular flexibility index (Phi) is 5.12. The highest BCUT2D eigenvalue weighted by atomic mass is 32.1. The Morgan fingerprint density at radius 1 is 1.04 bits per heavy atom. The third-order valence-electron chi connectivity index (χ3n) is 4.26. The van der Waals surface area contributed by atoms with E-state index >= 15 is 0 Å². The number of nitrogens with one attached hydrogen (secondary N) is 1. The van der Waals surface area contributed by atoms with Crippen LogP contribution in [-0.2, 0) is 0 Å². The molecule has 1 amide bonds. The second kappa shape index (κ2) is 8.02. The Morgan fingerprint density at radius 3 is 2.61 bits per heavy atom. The van der Waals surface area contributed by atoms with Crippen molar-refractivity contribution in [3.63, 3.8) is 0 Å². The molecular weight excluding hydrogens is 368 g/mol. The first kappa shape index (κ1) is 17.9. The van der Waals surface area contributed by atoms with Gasteiger partial charge in [0.25, 0.3) is 5.91 Å². The lowest BCUT2D eigenvalue weighted by molar-refractivity contribution is 0.102.